The Hall–Kier alpha value is -3.15. The zero-order chi connectivity index (χ0) is 20.1. The van der Waals surface area contributed by atoms with E-state index in [0.29, 0.717) is 30.9 Å². The second-order valence-corrected chi connectivity index (χ2v) is 7.27. The van der Waals surface area contributed by atoms with E-state index in [1.165, 1.54) is 12.1 Å². The molecule has 1 aliphatic rings. The van der Waals surface area contributed by atoms with Gasteiger partial charge in [0.15, 0.2) is 0 Å². The van der Waals surface area contributed by atoms with Gasteiger partial charge in [0, 0.05) is 29.9 Å². The molecule has 6 heteroatoms. The Balaban J connectivity index is 1.43. The number of rotatable bonds is 8. The quantitative estimate of drug-likeness (QED) is 0.566. The summed E-state index contributed by atoms with van der Waals surface area (Å²) >= 11 is 0. The van der Waals surface area contributed by atoms with Crippen molar-refractivity contribution in [1.82, 2.24) is 15.1 Å². The maximum absolute atomic E-state index is 13.4. The molecule has 0 radical (unpaired) electrons. The first-order valence-corrected chi connectivity index (χ1v) is 10.00. The number of hydrogen-bond donors (Lipinski definition) is 1. The van der Waals surface area contributed by atoms with Gasteiger partial charge >= 0.3 is 0 Å². The lowest BCUT2D eigenvalue weighted by Gasteiger charge is -2.38. The Labute approximate surface area is 169 Å². The summed E-state index contributed by atoms with van der Waals surface area (Å²) in [5.74, 6) is 0.405. The lowest BCUT2D eigenvalue weighted by molar-refractivity contribution is 0.0566. The fraction of sp³-hybridized carbons (Fsp3) is 0.304. The van der Waals surface area contributed by atoms with Crippen molar-refractivity contribution >= 4 is 5.91 Å². The second-order valence-electron chi connectivity index (χ2n) is 7.27. The standard InChI is InChI=1S/C23H24FN3O2/c24-18-9-11-20(12-10-18)29-14-4-13-27(19-5-3-6-19)23(28)22-8-2-1-7-21(22)17-15-25-26-16-17/h1-2,7-12,15-16,19H,3-6,13-14H2,(H,25,26). The number of benzene rings is 2. The Kier molecular flexibility index (Phi) is 5.89. The van der Waals surface area contributed by atoms with Crippen LogP contribution in [0.5, 0.6) is 5.75 Å². The molecule has 1 N–H and O–H groups in total. The molecule has 0 bridgehead atoms. The molecule has 2 aromatic carbocycles. The van der Waals surface area contributed by atoms with Gasteiger partial charge in [0.05, 0.1) is 12.8 Å². The summed E-state index contributed by atoms with van der Waals surface area (Å²) in [7, 11) is 0. The normalized spacial score (nSPS) is 13.7. The molecule has 5 nitrogen and oxygen atoms in total. The molecule has 4 rings (SSSR count). The first-order chi connectivity index (χ1) is 14.2. The van der Waals surface area contributed by atoms with Gasteiger partial charge in [-0.2, -0.15) is 5.10 Å². The molecule has 29 heavy (non-hydrogen) atoms. The summed E-state index contributed by atoms with van der Waals surface area (Å²) in [5.41, 5.74) is 2.49. The second kappa shape index (κ2) is 8.90. The molecule has 1 aromatic heterocycles. The molecule has 3 aromatic rings. The smallest absolute Gasteiger partial charge is 0.254 e. The number of aromatic amines is 1. The van der Waals surface area contributed by atoms with E-state index in [-0.39, 0.29) is 17.8 Å². The van der Waals surface area contributed by atoms with Crippen molar-refractivity contribution in [3.63, 3.8) is 0 Å². The van der Waals surface area contributed by atoms with Crippen LogP contribution in [0, 0.1) is 5.82 Å². The summed E-state index contributed by atoms with van der Waals surface area (Å²) in [6.45, 7) is 1.11. The average Bonchev–Trinajstić information content (AvgIpc) is 3.24. The van der Waals surface area contributed by atoms with E-state index in [1.54, 1.807) is 24.5 Å². The van der Waals surface area contributed by atoms with Crippen LogP contribution in [0.2, 0.25) is 0 Å². The number of nitrogens with one attached hydrogen (secondary N) is 1. The molecule has 1 aliphatic carbocycles. The maximum atomic E-state index is 13.4. The molecule has 0 atom stereocenters. The zero-order valence-electron chi connectivity index (χ0n) is 16.2. The van der Waals surface area contributed by atoms with Gasteiger partial charge in [-0.15, -0.1) is 0 Å². The highest BCUT2D eigenvalue weighted by Crippen LogP contribution is 2.29. The number of amides is 1. The summed E-state index contributed by atoms with van der Waals surface area (Å²) in [6, 6.07) is 13.9. The van der Waals surface area contributed by atoms with Crippen LogP contribution in [0.4, 0.5) is 4.39 Å². The molecular formula is C23H24FN3O2. The molecule has 1 fully saturated rings. The van der Waals surface area contributed by atoms with E-state index in [1.807, 2.05) is 29.2 Å². The summed E-state index contributed by atoms with van der Waals surface area (Å²) < 4.78 is 18.7. The summed E-state index contributed by atoms with van der Waals surface area (Å²) in [5, 5.41) is 6.83. The molecule has 0 saturated heterocycles. The van der Waals surface area contributed by atoms with Crippen LogP contribution in [0.1, 0.15) is 36.0 Å². The number of halogens is 1. The van der Waals surface area contributed by atoms with Crippen molar-refractivity contribution in [3.8, 4) is 16.9 Å². The van der Waals surface area contributed by atoms with Crippen molar-refractivity contribution in [1.29, 1.82) is 0 Å². The Morgan fingerprint density at radius 1 is 1.17 bits per heavy atom. The first kappa shape index (κ1) is 19.2. The third-order valence-corrected chi connectivity index (χ3v) is 5.37. The first-order valence-electron chi connectivity index (χ1n) is 10.00. The van der Waals surface area contributed by atoms with Crippen LogP contribution in [0.3, 0.4) is 0 Å². The van der Waals surface area contributed by atoms with E-state index in [0.717, 1.165) is 30.4 Å². The zero-order valence-corrected chi connectivity index (χ0v) is 16.2. The van der Waals surface area contributed by atoms with E-state index in [9.17, 15) is 9.18 Å². The minimum absolute atomic E-state index is 0.0493. The van der Waals surface area contributed by atoms with Crippen molar-refractivity contribution in [2.24, 2.45) is 0 Å². The molecule has 150 valence electrons. The molecule has 1 heterocycles. The van der Waals surface area contributed by atoms with Crippen LogP contribution in [0.25, 0.3) is 11.1 Å². The number of carbonyl (C=O) groups is 1. The van der Waals surface area contributed by atoms with E-state index < -0.39 is 0 Å². The Bertz CT molecular complexity index is 937. The van der Waals surface area contributed by atoms with Gasteiger partial charge in [0.25, 0.3) is 5.91 Å². The number of H-pyrrole nitrogens is 1. The number of nitrogens with zero attached hydrogens (tertiary/aromatic N) is 2. The van der Waals surface area contributed by atoms with Crippen molar-refractivity contribution in [3.05, 3.63) is 72.3 Å². The van der Waals surface area contributed by atoms with Crippen LogP contribution >= 0.6 is 0 Å². The van der Waals surface area contributed by atoms with Crippen molar-refractivity contribution in [2.75, 3.05) is 13.2 Å². The molecule has 0 unspecified atom stereocenters. The number of ether oxygens (including phenoxy) is 1. The Morgan fingerprint density at radius 3 is 2.66 bits per heavy atom. The fourth-order valence-electron chi connectivity index (χ4n) is 3.58. The predicted octanol–water partition coefficient (Wildman–Crippen LogP) is 4.68. The topological polar surface area (TPSA) is 58.2 Å². The van der Waals surface area contributed by atoms with Gasteiger partial charge < -0.3 is 9.64 Å². The summed E-state index contributed by atoms with van der Waals surface area (Å²) in [6.07, 6.45) is 7.49. The number of carbonyl (C=O) groups excluding carboxylic acids is 1. The van der Waals surface area contributed by atoms with Gasteiger partial charge in [-0.3, -0.25) is 9.89 Å². The van der Waals surface area contributed by atoms with Gasteiger partial charge in [-0.05, 0) is 61.6 Å². The average molecular weight is 393 g/mol. The SMILES string of the molecule is O=C(c1ccccc1-c1cn[nH]c1)N(CCCOc1ccc(F)cc1)C1CCC1. The van der Waals surface area contributed by atoms with Gasteiger partial charge in [-0.25, -0.2) is 4.39 Å². The maximum Gasteiger partial charge on any atom is 0.254 e. The minimum Gasteiger partial charge on any atom is -0.494 e. The van der Waals surface area contributed by atoms with Gasteiger partial charge in [0.1, 0.15) is 11.6 Å². The molecule has 1 saturated carbocycles. The highest BCUT2D eigenvalue weighted by molar-refractivity contribution is 6.01. The molecule has 0 aliphatic heterocycles. The van der Waals surface area contributed by atoms with Crippen LogP contribution in [0.15, 0.2) is 60.9 Å². The fourth-order valence-corrected chi connectivity index (χ4v) is 3.58. The Morgan fingerprint density at radius 2 is 1.97 bits per heavy atom. The highest BCUT2D eigenvalue weighted by Gasteiger charge is 2.30. The predicted molar refractivity (Wildman–Crippen MR) is 109 cm³/mol. The van der Waals surface area contributed by atoms with E-state index in [2.05, 4.69) is 10.2 Å². The molecule has 0 spiro atoms. The molecular weight excluding hydrogens is 369 g/mol. The third kappa shape index (κ3) is 4.47. The van der Waals surface area contributed by atoms with E-state index in [4.69, 9.17) is 4.74 Å². The summed E-state index contributed by atoms with van der Waals surface area (Å²) in [4.78, 5) is 15.4. The highest BCUT2D eigenvalue weighted by atomic mass is 19.1. The van der Waals surface area contributed by atoms with Crippen molar-refractivity contribution < 1.29 is 13.9 Å². The van der Waals surface area contributed by atoms with Crippen LogP contribution < -0.4 is 4.74 Å². The number of aromatic nitrogens is 2. The van der Waals surface area contributed by atoms with Crippen molar-refractivity contribution in [2.45, 2.75) is 31.7 Å². The lowest BCUT2D eigenvalue weighted by Crippen LogP contribution is -2.45. The number of hydrogen-bond acceptors (Lipinski definition) is 3. The third-order valence-electron chi connectivity index (χ3n) is 5.37. The van der Waals surface area contributed by atoms with E-state index >= 15 is 0 Å². The lowest BCUT2D eigenvalue weighted by atomic mass is 9.90. The largest absolute Gasteiger partial charge is 0.494 e. The van der Waals surface area contributed by atoms with Crippen LogP contribution in [-0.2, 0) is 0 Å². The van der Waals surface area contributed by atoms with Gasteiger partial charge in [-0.1, -0.05) is 18.2 Å². The van der Waals surface area contributed by atoms with Crippen LogP contribution in [-0.4, -0.2) is 40.2 Å². The molecule has 1 amide bonds. The van der Waals surface area contributed by atoms with Gasteiger partial charge in [0.2, 0.25) is 0 Å². The minimum atomic E-state index is -0.282. The monoisotopic (exact) mass is 393 g/mol.